The third-order valence-corrected chi connectivity index (χ3v) is 5.24. The van der Waals surface area contributed by atoms with Crippen LogP contribution in [0, 0.1) is 0 Å². The van der Waals surface area contributed by atoms with Crippen molar-refractivity contribution in [1.29, 1.82) is 0 Å². The molecule has 3 N–H and O–H groups in total. The lowest BCUT2D eigenvalue weighted by Crippen LogP contribution is -2.26. The maximum absolute atomic E-state index is 12.8. The van der Waals surface area contributed by atoms with Gasteiger partial charge in [0.05, 0.1) is 19.0 Å². The maximum atomic E-state index is 12.8. The second-order valence-electron chi connectivity index (χ2n) is 7.28. The van der Waals surface area contributed by atoms with Gasteiger partial charge >= 0.3 is 0 Å². The van der Waals surface area contributed by atoms with E-state index in [-0.39, 0.29) is 41.7 Å². The van der Waals surface area contributed by atoms with Gasteiger partial charge in [-0.05, 0) is 24.1 Å². The van der Waals surface area contributed by atoms with Gasteiger partial charge in [-0.25, -0.2) is 4.98 Å². The van der Waals surface area contributed by atoms with E-state index in [2.05, 4.69) is 20.1 Å². The third-order valence-electron chi connectivity index (χ3n) is 5.24. The number of hydrogen-bond acceptors (Lipinski definition) is 9. The highest BCUT2D eigenvalue weighted by Gasteiger charge is 2.31. The van der Waals surface area contributed by atoms with E-state index in [9.17, 15) is 9.90 Å². The Morgan fingerprint density at radius 2 is 2.20 bits per heavy atom. The molecule has 1 aliphatic rings. The highest BCUT2D eigenvalue weighted by molar-refractivity contribution is 5.70. The number of imidazole rings is 1. The average Bonchev–Trinajstić information content (AvgIpc) is 3.45. The summed E-state index contributed by atoms with van der Waals surface area (Å²) < 4.78 is 14.1. The summed E-state index contributed by atoms with van der Waals surface area (Å²) in [5.74, 6) is 0.931. The number of phenols is 1. The number of anilines is 1. The number of nitrogens with two attached hydrogens (primary N) is 1. The highest BCUT2D eigenvalue weighted by atomic mass is 16.5. The Morgan fingerprint density at radius 3 is 3.03 bits per heavy atom. The molecule has 0 unspecified atom stereocenters. The largest absolute Gasteiger partial charge is 0.508 e. The minimum atomic E-state index is -0.328. The summed E-state index contributed by atoms with van der Waals surface area (Å²) in [7, 11) is 1.72. The maximum Gasteiger partial charge on any atom is 0.281 e. The Bertz CT molecular complexity index is 1290. The van der Waals surface area contributed by atoms with Crippen LogP contribution in [0.4, 0.5) is 5.95 Å². The number of nitrogen functional groups attached to an aromatic ring is 1. The predicted molar refractivity (Wildman–Crippen MR) is 105 cm³/mol. The molecule has 4 aromatic rings. The fourth-order valence-electron chi connectivity index (χ4n) is 3.70. The molecule has 0 amide bonds. The van der Waals surface area contributed by atoms with Gasteiger partial charge in [0.1, 0.15) is 12.3 Å². The van der Waals surface area contributed by atoms with Crippen molar-refractivity contribution < 1.29 is 14.4 Å². The molecule has 11 heteroatoms. The van der Waals surface area contributed by atoms with Crippen LogP contribution in [-0.4, -0.2) is 41.0 Å². The van der Waals surface area contributed by atoms with Crippen LogP contribution in [0.2, 0.25) is 0 Å². The van der Waals surface area contributed by atoms with Crippen molar-refractivity contribution in [3.05, 3.63) is 58.2 Å². The molecule has 11 nitrogen and oxygen atoms in total. The summed E-state index contributed by atoms with van der Waals surface area (Å²) in [5.41, 5.74) is 7.16. The normalized spacial score (nSPS) is 19.0. The minimum Gasteiger partial charge on any atom is -0.508 e. The van der Waals surface area contributed by atoms with Crippen LogP contribution in [0.3, 0.4) is 0 Å². The molecular weight excluding hydrogens is 390 g/mol. The molecule has 2 atom stereocenters. The Labute approximate surface area is 169 Å². The van der Waals surface area contributed by atoms with Crippen molar-refractivity contribution >= 4 is 17.1 Å². The molecule has 4 heterocycles. The van der Waals surface area contributed by atoms with Crippen LogP contribution < -0.4 is 11.3 Å². The number of fused-ring (bicyclic) bond motifs is 1. The van der Waals surface area contributed by atoms with Crippen molar-refractivity contribution in [2.24, 2.45) is 7.05 Å². The fourth-order valence-corrected chi connectivity index (χ4v) is 3.70. The molecule has 1 fully saturated rings. The number of hydrogen-bond donors (Lipinski definition) is 2. The van der Waals surface area contributed by atoms with Crippen molar-refractivity contribution in [1.82, 2.24) is 29.2 Å². The lowest BCUT2D eigenvalue weighted by atomic mass is 10.00. The average molecular weight is 409 g/mol. The van der Waals surface area contributed by atoms with Crippen LogP contribution in [0.25, 0.3) is 11.2 Å². The van der Waals surface area contributed by atoms with E-state index < -0.39 is 0 Å². The van der Waals surface area contributed by atoms with Crippen LogP contribution in [0.15, 0.2) is 39.9 Å². The van der Waals surface area contributed by atoms with Gasteiger partial charge in [-0.3, -0.25) is 9.36 Å². The van der Waals surface area contributed by atoms with Crippen molar-refractivity contribution in [2.45, 2.75) is 25.0 Å². The molecule has 0 spiro atoms. The highest BCUT2D eigenvalue weighted by Crippen LogP contribution is 2.37. The van der Waals surface area contributed by atoms with Gasteiger partial charge < -0.3 is 24.7 Å². The first-order valence-electron chi connectivity index (χ1n) is 9.40. The number of nitrogens with zero attached hydrogens (tertiary/aromatic N) is 6. The quantitative estimate of drug-likeness (QED) is 0.505. The number of benzene rings is 1. The van der Waals surface area contributed by atoms with Gasteiger partial charge in [-0.2, -0.15) is 9.97 Å². The van der Waals surface area contributed by atoms with E-state index in [1.54, 1.807) is 29.8 Å². The molecule has 5 rings (SSSR count). The number of aromatic hydroxyl groups is 1. The van der Waals surface area contributed by atoms with Gasteiger partial charge in [-0.15, -0.1) is 0 Å². The number of ether oxygens (including phenoxy) is 1. The second kappa shape index (κ2) is 6.95. The summed E-state index contributed by atoms with van der Waals surface area (Å²) in [4.78, 5) is 25.4. The SMILES string of the molecule is Cn1cnc2nc(N)n(Cc3nc([C@@H]4CO[C@@H](c5cccc(O)c5)C4)no3)c(=O)c21. The van der Waals surface area contributed by atoms with E-state index in [0.29, 0.717) is 30.0 Å². The van der Waals surface area contributed by atoms with Crippen LogP contribution >= 0.6 is 0 Å². The summed E-state index contributed by atoms with van der Waals surface area (Å²) in [5, 5.41) is 13.7. The Morgan fingerprint density at radius 1 is 1.33 bits per heavy atom. The van der Waals surface area contributed by atoms with Gasteiger partial charge in [0, 0.05) is 13.0 Å². The smallest absolute Gasteiger partial charge is 0.281 e. The first-order valence-corrected chi connectivity index (χ1v) is 9.40. The zero-order valence-electron chi connectivity index (χ0n) is 16.1. The lowest BCUT2D eigenvalue weighted by molar-refractivity contribution is 0.110. The summed E-state index contributed by atoms with van der Waals surface area (Å²) in [6, 6.07) is 6.99. The Balaban J connectivity index is 1.36. The van der Waals surface area contributed by atoms with Crippen molar-refractivity contribution in [3.8, 4) is 5.75 Å². The summed E-state index contributed by atoms with van der Waals surface area (Å²) in [6.07, 6.45) is 2.02. The van der Waals surface area contributed by atoms with Crippen LogP contribution in [0.1, 0.15) is 35.7 Å². The molecule has 154 valence electrons. The molecule has 1 aliphatic heterocycles. The molecule has 0 radical (unpaired) electrons. The second-order valence-corrected chi connectivity index (χ2v) is 7.28. The zero-order valence-corrected chi connectivity index (χ0v) is 16.1. The first kappa shape index (κ1) is 18.3. The minimum absolute atomic E-state index is 0.00928. The van der Waals surface area contributed by atoms with E-state index in [0.717, 1.165) is 5.56 Å². The number of aromatic nitrogens is 6. The number of aryl methyl sites for hydroxylation is 1. The fraction of sp³-hybridized carbons (Fsp3) is 0.316. The molecule has 0 aliphatic carbocycles. The van der Waals surface area contributed by atoms with Crippen molar-refractivity contribution in [2.75, 3.05) is 12.3 Å². The van der Waals surface area contributed by atoms with E-state index >= 15 is 0 Å². The molecular formula is C19H19N7O4. The van der Waals surface area contributed by atoms with Gasteiger partial charge in [0.2, 0.25) is 11.8 Å². The number of rotatable bonds is 4. The molecule has 0 saturated carbocycles. The molecule has 3 aromatic heterocycles. The summed E-state index contributed by atoms with van der Waals surface area (Å²) >= 11 is 0. The van der Waals surface area contributed by atoms with E-state index in [4.69, 9.17) is 15.0 Å². The van der Waals surface area contributed by atoms with E-state index in [1.165, 1.54) is 10.9 Å². The Kier molecular flexibility index (Phi) is 4.24. The molecule has 1 saturated heterocycles. The topological polar surface area (TPSA) is 147 Å². The summed E-state index contributed by atoms with van der Waals surface area (Å²) in [6.45, 7) is 0.444. The molecule has 0 bridgehead atoms. The molecule has 1 aromatic carbocycles. The standard InChI is InChI=1S/C19H19N7O4/c1-25-9-21-17-15(25)18(28)26(19(20)23-17)7-14-22-16(24-30-14)11-6-13(29-8-11)10-3-2-4-12(27)5-10/h2-5,9,11,13,27H,6-8H2,1H3,(H2,20,23)/t11-,13+/m0/s1. The van der Waals surface area contributed by atoms with Gasteiger partial charge in [0.25, 0.3) is 5.56 Å². The monoisotopic (exact) mass is 409 g/mol. The van der Waals surface area contributed by atoms with Crippen LogP contribution in [0.5, 0.6) is 5.75 Å². The van der Waals surface area contributed by atoms with Gasteiger partial charge in [-0.1, -0.05) is 17.3 Å². The van der Waals surface area contributed by atoms with E-state index in [1.807, 2.05) is 6.07 Å². The zero-order chi connectivity index (χ0) is 20.8. The number of phenolic OH excluding ortho intramolecular Hbond substituents is 1. The first-order chi connectivity index (χ1) is 14.5. The lowest BCUT2D eigenvalue weighted by Gasteiger charge is -2.09. The molecule has 30 heavy (non-hydrogen) atoms. The van der Waals surface area contributed by atoms with Crippen molar-refractivity contribution in [3.63, 3.8) is 0 Å². The van der Waals surface area contributed by atoms with Crippen LogP contribution in [-0.2, 0) is 18.3 Å². The Hall–Kier alpha value is -3.73. The van der Waals surface area contributed by atoms with Gasteiger partial charge in [0.15, 0.2) is 17.0 Å². The predicted octanol–water partition coefficient (Wildman–Crippen LogP) is 1.09. The third kappa shape index (κ3) is 3.08.